The average Bonchev–Trinajstić information content (AvgIpc) is 3.05. The highest BCUT2D eigenvalue weighted by Gasteiger charge is 2.09. The molecule has 0 saturated heterocycles. The third-order valence-corrected chi connectivity index (χ3v) is 4.20. The van der Waals surface area contributed by atoms with Crippen LogP contribution in [-0.2, 0) is 0 Å². The summed E-state index contributed by atoms with van der Waals surface area (Å²) in [6, 6.07) is 8.09. The van der Waals surface area contributed by atoms with Crippen LogP contribution in [0.4, 0.5) is 5.82 Å². The fourth-order valence-electron chi connectivity index (χ4n) is 2.18. The van der Waals surface area contributed by atoms with Crippen LogP contribution in [0.25, 0.3) is 21.3 Å². The van der Waals surface area contributed by atoms with Gasteiger partial charge in [-0.05, 0) is 42.7 Å². The zero-order valence-electron chi connectivity index (χ0n) is 16.0. The molecule has 3 aromatic heterocycles. The molecule has 1 N–H and O–H groups in total. The largest absolute Gasteiger partial charge is 0.339 e. The summed E-state index contributed by atoms with van der Waals surface area (Å²) in [5.74, 6) is 1.65. The lowest BCUT2D eigenvalue weighted by molar-refractivity contribution is 0.737. The number of nitrogens with zero attached hydrogens (tertiary/aromatic N) is 3. The second kappa shape index (κ2) is 9.82. The van der Waals surface area contributed by atoms with Crippen molar-refractivity contribution in [1.29, 1.82) is 0 Å². The number of allylic oxidation sites excluding steroid dienone is 2. The van der Waals surface area contributed by atoms with E-state index >= 15 is 0 Å². The fourth-order valence-corrected chi connectivity index (χ4v) is 3.09. The van der Waals surface area contributed by atoms with Crippen molar-refractivity contribution in [3.8, 4) is 11.1 Å². The maximum absolute atomic E-state index is 4.76. The van der Waals surface area contributed by atoms with Gasteiger partial charge in [0.1, 0.15) is 5.82 Å². The smallest absolute Gasteiger partial charge is 0.131 e. The molecule has 0 spiro atoms. The molecule has 5 heteroatoms. The van der Waals surface area contributed by atoms with E-state index in [2.05, 4.69) is 47.5 Å². The second-order valence-corrected chi connectivity index (χ2v) is 7.33. The van der Waals surface area contributed by atoms with Crippen LogP contribution in [0.1, 0.15) is 27.7 Å². The Morgan fingerprint density at radius 3 is 2.46 bits per heavy atom. The number of rotatable bonds is 4. The number of hydrogen-bond donors (Lipinski definition) is 1. The Bertz CT molecular complexity index is 877. The summed E-state index contributed by atoms with van der Waals surface area (Å²) in [6.07, 6.45) is 7.35. The van der Waals surface area contributed by atoms with Crippen molar-refractivity contribution in [1.82, 2.24) is 9.97 Å². The molecule has 3 heterocycles. The molecule has 4 nitrogen and oxygen atoms in total. The van der Waals surface area contributed by atoms with Crippen LogP contribution in [0.5, 0.6) is 0 Å². The van der Waals surface area contributed by atoms with Crippen LogP contribution in [0.2, 0.25) is 0 Å². The summed E-state index contributed by atoms with van der Waals surface area (Å²) < 4.78 is 1.17. The first-order chi connectivity index (χ1) is 12.5. The van der Waals surface area contributed by atoms with Gasteiger partial charge in [-0.1, -0.05) is 26.8 Å². The van der Waals surface area contributed by atoms with Gasteiger partial charge in [-0.25, -0.2) is 4.98 Å². The first kappa shape index (κ1) is 19.8. The van der Waals surface area contributed by atoms with Gasteiger partial charge in [-0.3, -0.25) is 9.98 Å². The van der Waals surface area contributed by atoms with E-state index in [1.54, 1.807) is 37.0 Å². The standard InChI is InChI=1S/C17H16N4S.C4H10/c1-3-13(10-18-2)20-16-5-4-15-17(21-16)14(11-22-15)12-6-8-19-9-7-12;1-4(2)3/h3-11H,1-2H3,(H,20,21);4H,1-3H3/b13-3+,18-10?;. The topological polar surface area (TPSA) is 50.2 Å². The van der Waals surface area contributed by atoms with E-state index in [4.69, 9.17) is 4.98 Å². The molecule has 0 bridgehead atoms. The van der Waals surface area contributed by atoms with E-state index in [1.165, 1.54) is 4.70 Å². The van der Waals surface area contributed by atoms with Gasteiger partial charge < -0.3 is 5.32 Å². The van der Waals surface area contributed by atoms with Crippen molar-refractivity contribution in [3.05, 3.63) is 53.8 Å². The van der Waals surface area contributed by atoms with Gasteiger partial charge in [0, 0.05) is 36.6 Å². The minimum absolute atomic E-state index is 0.814. The molecule has 0 saturated carbocycles. The third-order valence-electron chi connectivity index (χ3n) is 3.26. The zero-order chi connectivity index (χ0) is 18.9. The third kappa shape index (κ3) is 5.49. The van der Waals surface area contributed by atoms with Gasteiger partial charge in [-0.2, -0.15) is 0 Å². The molecular formula is C21H26N4S. The molecule has 0 fully saturated rings. The van der Waals surface area contributed by atoms with Crippen molar-refractivity contribution in [2.75, 3.05) is 12.4 Å². The van der Waals surface area contributed by atoms with Gasteiger partial charge in [0.05, 0.1) is 15.9 Å². The number of fused-ring (bicyclic) bond motifs is 1. The molecule has 3 aromatic rings. The quantitative estimate of drug-likeness (QED) is 0.573. The first-order valence-electron chi connectivity index (χ1n) is 8.69. The highest BCUT2D eigenvalue weighted by atomic mass is 32.1. The summed E-state index contributed by atoms with van der Waals surface area (Å²) in [7, 11) is 1.75. The van der Waals surface area contributed by atoms with Gasteiger partial charge in [-0.15, -0.1) is 11.3 Å². The van der Waals surface area contributed by atoms with Gasteiger partial charge in [0.15, 0.2) is 0 Å². The van der Waals surface area contributed by atoms with Crippen LogP contribution in [-0.4, -0.2) is 23.2 Å². The molecule has 0 aliphatic carbocycles. The highest BCUT2D eigenvalue weighted by Crippen LogP contribution is 2.33. The van der Waals surface area contributed by atoms with Crippen LogP contribution < -0.4 is 5.32 Å². The van der Waals surface area contributed by atoms with E-state index in [-0.39, 0.29) is 0 Å². The summed E-state index contributed by atoms with van der Waals surface area (Å²) in [6.45, 7) is 8.47. The average molecular weight is 367 g/mol. The van der Waals surface area contributed by atoms with Crippen molar-refractivity contribution in [2.45, 2.75) is 27.7 Å². The lowest BCUT2D eigenvalue weighted by atomic mass is 10.1. The molecule has 26 heavy (non-hydrogen) atoms. The number of hydrogen-bond acceptors (Lipinski definition) is 5. The van der Waals surface area contributed by atoms with Crippen LogP contribution in [0, 0.1) is 5.92 Å². The minimum Gasteiger partial charge on any atom is -0.339 e. The molecule has 0 atom stereocenters. The maximum atomic E-state index is 4.76. The number of nitrogens with one attached hydrogen (secondary N) is 1. The second-order valence-electron chi connectivity index (χ2n) is 6.42. The first-order valence-corrected chi connectivity index (χ1v) is 9.57. The Balaban J connectivity index is 0.000000552. The van der Waals surface area contributed by atoms with Gasteiger partial charge in [0.2, 0.25) is 0 Å². The zero-order valence-corrected chi connectivity index (χ0v) is 16.8. The lowest BCUT2D eigenvalue weighted by Crippen LogP contribution is -2.02. The van der Waals surface area contributed by atoms with Crippen molar-refractivity contribution >= 4 is 33.6 Å². The predicted molar refractivity (Wildman–Crippen MR) is 115 cm³/mol. The molecule has 0 unspecified atom stereocenters. The van der Waals surface area contributed by atoms with E-state index < -0.39 is 0 Å². The fraction of sp³-hybridized carbons (Fsp3) is 0.286. The monoisotopic (exact) mass is 366 g/mol. The van der Waals surface area contributed by atoms with Crippen molar-refractivity contribution < 1.29 is 0 Å². The van der Waals surface area contributed by atoms with Gasteiger partial charge >= 0.3 is 0 Å². The molecule has 0 aliphatic heterocycles. The molecular weight excluding hydrogens is 340 g/mol. The SMILES string of the molecule is C/C=C(\C=NC)Nc1ccc2scc(-c3ccncc3)c2n1.CC(C)C. The van der Waals surface area contributed by atoms with Crippen LogP contribution in [0.15, 0.2) is 58.8 Å². The lowest BCUT2D eigenvalue weighted by Gasteiger charge is -2.06. The Morgan fingerprint density at radius 2 is 1.85 bits per heavy atom. The number of aromatic nitrogens is 2. The maximum Gasteiger partial charge on any atom is 0.131 e. The van der Waals surface area contributed by atoms with Crippen LogP contribution in [0.3, 0.4) is 0 Å². The summed E-state index contributed by atoms with van der Waals surface area (Å²) in [4.78, 5) is 12.9. The summed E-state index contributed by atoms with van der Waals surface area (Å²) in [5, 5.41) is 5.42. The Labute approximate surface area is 159 Å². The molecule has 3 rings (SSSR count). The number of aliphatic imine (C=N–C) groups is 1. The number of anilines is 1. The molecule has 0 amide bonds. The number of thiophene rings is 1. The van der Waals surface area contributed by atoms with Crippen molar-refractivity contribution in [2.24, 2.45) is 10.9 Å². The Morgan fingerprint density at radius 1 is 1.15 bits per heavy atom. The van der Waals surface area contributed by atoms with Crippen molar-refractivity contribution in [3.63, 3.8) is 0 Å². The Hall–Kier alpha value is -2.53. The summed E-state index contributed by atoms with van der Waals surface area (Å²) in [5.41, 5.74) is 4.20. The van der Waals surface area contributed by atoms with Gasteiger partial charge in [0.25, 0.3) is 0 Å². The minimum atomic E-state index is 0.814. The molecule has 136 valence electrons. The number of pyridine rings is 2. The predicted octanol–water partition coefficient (Wildman–Crippen LogP) is 6.04. The Kier molecular flexibility index (Phi) is 7.48. The molecule has 0 radical (unpaired) electrons. The van der Waals surface area contributed by atoms with E-state index in [9.17, 15) is 0 Å². The summed E-state index contributed by atoms with van der Waals surface area (Å²) >= 11 is 1.70. The van der Waals surface area contributed by atoms with E-state index in [0.717, 1.165) is 34.1 Å². The van der Waals surface area contributed by atoms with E-state index in [0.29, 0.717) is 0 Å². The molecule has 0 aromatic carbocycles. The normalized spacial score (nSPS) is 11.7. The van der Waals surface area contributed by atoms with Crippen LogP contribution >= 0.6 is 11.3 Å². The van der Waals surface area contributed by atoms with E-state index in [1.807, 2.05) is 31.2 Å². The molecule has 0 aliphatic rings. The highest BCUT2D eigenvalue weighted by molar-refractivity contribution is 7.17.